The van der Waals surface area contributed by atoms with Gasteiger partial charge in [0.1, 0.15) is 5.69 Å². The van der Waals surface area contributed by atoms with E-state index in [1.54, 1.807) is 13.3 Å². The molecule has 1 aromatic rings. The van der Waals surface area contributed by atoms with Crippen molar-refractivity contribution in [3.63, 3.8) is 0 Å². The molecular formula is C14H22BrN3O3. The molecule has 1 saturated carbocycles. The molecule has 0 radical (unpaired) electrons. The van der Waals surface area contributed by atoms with Crippen LogP contribution in [0.1, 0.15) is 25.7 Å². The van der Waals surface area contributed by atoms with E-state index < -0.39 is 0 Å². The summed E-state index contributed by atoms with van der Waals surface area (Å²) < 4.78 is 7.28. The Balaban J connectivity index is 2.16. The first-order valence-electron chi connectivity index (χ1n) is 7.27. The van der Waals surface area contributed by atoms with Crippen molar-refractivity contribution in [2.75, 3.05) is 25.6 Å². The van der Waals surface area contributed by atoms with Crippen LogP contribution in [0, 0.1) is 5.92 Å². The molecule has 1 atom stereocenters. The first-order valence-corrected chi connectivity index (χ1v) is 8.07. The molecule has 1 heterocycles. The van der Waals surface area contributed by atoms with E-state index >= 15 is 0 Å². The quantitative estimate of drug-likeness (QED) is 0.737. The largest absolute Gasteiger partial charge is 0.396 e. The molecule has 1 aliphatic carbocycles. The maximum Gasteiger partial charge on any atom is 0.291 e. The fourth-order valence-electron chi connectivity index (χ4n) is 2.41. The summed E-state index contributed by atoms with van der Waals surface area (Å²) in [6, 6.07) is -0.108. The Hall–Kier alpha value is -0.920. The van der Waals surface area contributed by atoms with E-state index in [0.717, 1.165) is 0 Å². The van der Waals surface area contributed by atoms with Crippen molar-refractivity contribution in [2.45, 2.75) is 38.3 Å². The number of aliphatic hydroxyl groups excluding tert-OH is 1. The van der Waals surface area contributed by atoms with Gasteiger partial charge in [0.2, 0.25) is 0 Å². The molecule has 0 spiro atoms. The molecule has 0 bridgehead atoms. The molecule has 0 aromatic carbocycles. The van der Waals surface area contributed by atoms with Gasteiger partial charge in [-0.1, -0.05) is 6.42 Å². The van der Waals surface area contributed by atoms with E-state index in [9.17, 15) is 4.79 Å². The molecule has 0 aliphatic heterocycles. The van der Waals surface area contributed by atoms with Crippen LogP contribution in [0.2, 0.25) is 0 Å². The number of hydrogen-bond donors (Lipinski definition) is 2. The molecule has 1 fully saturated rings. The number of methoxy groups -OCH3 is 1. The van der Waals surface area contributed by atoms with Crippen molar-refractivity contribution in [1.82, 2.24) is 9.78 Å². The number of aromatic nitrogens is 2. The van der Waals surface area contributed by atoms with Crippen molar-refractivity contribution in [1.29, 1.82) is 0 Å². The summed E-state index contributed by atoms with van der Waals surface area (Å²) in [5, 5.41) is 16.4. The van der Waals surface area contributed by atoms with Crippen molar-refractivity contribution < 1.29 is 9.84 Å². The molecule has 2 rings (SSSR count). The van der Waals surface area contributed by atoms with Crippen LogP contribution in [0.5, 0.6) is 0 Å². The van der Waals surface area contributed by atoms with Crippen molar-refractivity contribution in [3.8, 4) is 0 Å². The number of hydrogen-bond acceptors (Lipinski definition) is 5. The zero-order valence-corrected chi connectivity index (χ0v) is 13.8. The minimum atomic E-state index is -0.129. The van der Waals surface area contributed by atoms with Crippen LogP contribution < -0.4 is 10.9 Å². The highest BCUT2D eigenvalue weighted by Crippen LogP contribution is 2.27. The molecule has 0 saturated heterocycles. The number of nitrogens with one attached hydrogen (secondary N) is 1. The zero-order valence-electron chi connectivity index (χ0n) is 12.2. The molecule has 21 heavy (non-hydrogen) atoms. The van der Waals surface area contributed by atoms with E-state index in [1.165, 1.54) is 23.9 Å². The van der Waals surface area contributed by atoms with Crippen LogP contribution in [-0.2, 0) is 11.3 Å². The van der Waals surface area contributed by atoms with E-state index in [1.807, 2.05) is 0 Å². The van der Waals surface area contributed by atoms with Gasteiger partial charge in [0, 0.05) is 20.3 Å². The van der Waals surface area contributed by atoms with Gasteiger partial charge in [0.25, 0.3) is 5.56 Å². The van der Waals surface area contributed by atoms with Gasteiger partial charge in [-0.25, -0.2) is 4.68 Å². The highest BCUT2D eigenvalue weighted by Gasteiger charge is 2.21. The van der Waals surface area contributed by atoms with Gasteiger partial charge in [-0.05, 0) is 41.1 Å². The summed E-state index contributed by atoms with van der Waals surface area (Å²) >= 11 is 3.37. The molecule has 2 N–H and O–H groups in total. The fourth-order valence-corrected chi connectivity index (χ4v) is 2.78. The number of rotatable bonds is 8. The molecule has 1 aromatic heterocycles. The number of anilines is 1. The van der Waals surface area contributed by atoms with E-state index in [0.29, 0.717) is 35.7 Å². The van der Waals surface area contributed by atoms with E-state index in [2.05, 4.69) is 26.3 Å². The van der Waals surface area contributed by atoms with Crippen LogP contribution in [0.15, 0.2) is 15.5 Å². The van der Waals surface area contributed by atoms with Crippen molar-refractivity contribution in [3.05, 3.63) is 21.0 Å². The molecular weight excluding hydrogens is 338 g/mol. The normalized spacial score (nSPS) is 16.5. The first kappa shape index (κ1) is 16.5. The molecule has 6 nitrogen and oxygen atoms in total. The lowest BCUT2D eigenvalue weighted by Gasteiger charge is -2.26. The van der Waals surface area contributed by atoms with Gasteiger partial charge in [-0.15, -0.1) is 0 Å². The number of halogens is 1. The fraction of sp³-hybridized carbons (Fsp3) is 0.714. The van der Waals surface area contributed by atoms with Gasteiger partial charge in [0.05, 0.1) is 23.3 Å². The van der Waals surface area contributed by atoms with Gasteiger partial charge >= 0.3 is 0 Å². The third kappa shape index (κ3) is 4.28. The summed E-state index contributed by atoms with van der Waals surface area (Å²) in [6.07, 6.45) is 5.75. The van der Waals surface area contributed by atoms with Crippen LogP contribution >= 0.6 is 15.9 Å². The molecule has 7 heteroatoms. The zero-order chi connectivity index (χ0) is 15.2. The third-order valence-electron chi connectivity index (χ3n) is 3.85. The first-order chi connectivity index (χ1) is 10.2. The smallest absolute Gasteiger partial charge is 0.291 e. The Labute approximate surface area is 132 Å². The minimum Gasteiger partial charge on any atom is -0.396 e. The maximum atomic E-state index is 12.5. The van der Waals surface area contributed by atoms with Gasteiger partial charge in [-0.3, -0.25) is 4.79 Å². The van der Waals surface area contributed by atoms with Crippen LogP contribution in [0.3, 0.4) is 0 Å². The predicted octanol–water partition coefficient (Wildman–Crippen LogP) is 1.62. The molecule has 118 valence electrons. The van der Waals surface area contributed by atoms with Crippen molar-refractivity contribution >= 4 is 21.6 Å². The second kappa shape index (κ2) is 7.91. The second-order valence-electron chi connectivity index (χ2n) is 5.46. The minimum absolute atomic E-state index is 0.0417. The molecule has 1 aliphatic rings. The lowest BCUT2D eigenvalue weighted by Crippen LogP contribution is -2.34. The summed E-state index contributed by atoms with van der Waals surface area (Å²) in [7, 11) is 1.60. The summed E-state index contributed by atoms with van der Waals surface area (Å²) in [5.74, 6) is 0.566. The van der Waals surface area contributed by atoms with Crippen LogP contribution in [0.4, 0.5) is 5.69 Å². The Morgan fingerprint density at radius 1 is 1.62 bits per heavy atom. The Kier molecular flexibility index (Phi) is 6.20. The average molecular weight is 360 g/mol. The van der Waals surface area contributed by atoms with Crippen molar-refractivity contribution in [2.24, 2.45) is 5.92 Å². The SMILES string of the molecule is COCC(CCO)Nc1c(Br)cnn(CC2CCC2)c1=O. The summed E-state index contributed by atoms with van der Waals surface area (Å²) in [4.78, 5) is 12.5. The lowest BCUT2D eigenvalue weighted by atomic mass is 9.85. The van der Waals surface area contributed by atoms with E-state index in [4.69, 9.17) is 9.84 Å². The molecule has 0 amide bonds. The predicted molar refractivity (Wildman–Crippen MR) is 84.5 cm³/mol. The third-order valence-corrected chi connectivity index (χ3v) is 4.45. The van der Waals surface area contributed by atoms with Crippen LogP contribution in [0.25, 0.3) is 0 Å². The second-order valence-corrected chi connectivity index (χ2v) is 6.31. The maximum absolute atomic E-state index is 12.5. The Morgan fingerprint density at radius 2 is 2.38 bits per heavy atom. The number of nitrogens with zero attached hydrogens (tertiary/aromatic N) is 2. The summed E-state index contributed by atoms with van der Waals surface area (Å²) in [6.45, 7) is 1.15. The standard InChI is InChI=1S/C14H22BrN3O3/c1-21-9-11(5-6-19)17-13-12(15)7-16-18(14(13)20)8-10-3-2-4-10/h7,10-11,17,19H,2-6,8-9H2,1H3. The highest BCUT2D eigenvalue weighted by atomic mass is 79.9. The highest BCUT2D eigenvalue weighted by molar-refractivity contribution is 9.10. The molecule has 1 unspecified atom stereocenters. The summed E-state index contributed by atoms with van der Waals surface area (Å²) in [5.41, 5.74) is 0.357. The van der Waals surface area contributed by atoms with Gasteiger partial charge < -0.3 is 15.2 Å². The Morgan fingerprint density at radius 3 is 2.95 bits per heavy atom. The van der Waals surface area contributed by atoms with Crippen LogP contribution in [-0.4, -0.2) is 41.3 Å². The lowest BCUT2D eigenvalue weighted by molar-refractivity contribution is 0.170. The topological polar surface area (TPSA) is 76.4 Å². The van der Waals surface area contributed by atoms with Gasteiger partial charge in [-0.2, -0.15) is 5.10 Å². The Bertz CT molecular complexity index is 511. The number of aliphatic hydroxyl groups is 1. The number of ether oxygens (including phenoxy) is 1. The van der Waals surface area contributed by atoms with E-state index in [-0.39, 0.29) is 18.2 Å². The average Bonchev–Trinajstić information content (AvgIpc) is 2.41. The van der Waals surface area contributed by atoms with Gasteiger partial charge in [0.15, 0.2) is 0 Å². The monoisotopic (exact) mass is 359 g/mol.